The lowest BCUT2D eigenvalue weighted by Crippen LogP contribution is -2.57. The first-order valence-corrected chi connectivity index (χ1v) is 9.89. The van der Waals surface area contributed by atoms with E-state index in [2.05, 4.69) is 19.9 Å². The van der Waals surface area contributed by atoms with Gasteiger partial charge in [-0.1, -0.05) is 19.9 Å². The zero-order chi connectivity index (χ0) is 17.3. The van der Waals surface area contributed by atoms with Gasteiger partial charge in [0.05, 0.1) is 12.2 Å². The maximum Gasteiger partial charge on any atom is 0.159 e. The number of aliphatic hydroxyl groups excluding tert-OH is 2. The number of rotatable bonds is 0. The molecule has 4 aliphatic rings. The summed E-state index contributed by atoms with van der Waals surface area (Å²) in [6.45, 7) is 6.70. The lowest BCUT2D eigenvalue weighted by molar-refractivity contribution is -0.169. The van der Waals surface area contributed by atoms with Gasteiger partial charge >= 0.3 is 0 Å². The van der Waals surface area contributed by atoms with E-state index in [-0.39, 0.29) is 16.7 Å². The van der Waals surface area contributed by atoms with E-state index >= 15 is 0 Å². The molecule has 0 aliphatic heterocycles. The Morgan fingerprint density at radius 1 is 1.00 bits per heavy atom. The molecule has 24 heavy (non-hydrogen) atoms. The largest absolute Gasteiger partial charge is 0.390 e. The molecule has 4 saturated carbocycles. The first-order valence-electron chi connectivity index (χ1n) is 9.89. The fraction of sp³-hybridized carbons (Fsp3) is 0.857. The standard InChI is InChI=1S/C21H32O3/c1-4-13-18(23)11-16-12-5-6-15-19(24)17(22)8-10-21(15,3)14(12)7-9-20(13,16)2/h4,12,14-17,19,22,24H,5-11H2,1-3H3/b13-4-/t12-,14+,15+,16+,17+,19-,20-,21-/m1/s1. The summed E-state index contributed by atoms with van der Waals surface area (Å²) in [6.07, 6.45) is 7.80. The second kappa shape index (κ2) is 5.41. The summed E-state index contributed by atoms with van der Waals surface area (Å²) in [4.78, 5) is 12.6. The predicted octanol–water partition coefficient (Wildman–Crippen LogP) is 3.49. The van der Waals surface area contributed by atoms with E-state index in [0.717, 1.165) is 50.5 Å². The van der Waals surface area contributed by atoms with Crippen LogP contribution in [0.3, 0.4) is 0 Å². The highest BCUT2D eigenvalue weighted by Gasteiger charge is 2.61. The SMILES string of the molecule is C/C=C1/C(=O)C[C@H]2[C@@H]3CC[C@H]4[C@@H](O)[C@@H](O)CC[C@]4(C)[C@H]3CC[C@]12C. The van der Waals surface area contributed by atoms with Crippen molar-refractivity contribution < 1.29 is 15.0 Å². The van der Waals surface area contributed by atoms with Crippen LogP contribution in [0.4, 0.5) is 0 Å². The van der Waals surface area contributed by atoms with Crippen molar-refractivity contribution in [3.05, 3.63) is 11.6 Å². The number of Topliss-reactive ketones (excluding diaryl/α,β-unsaturated/α-hetero) is 1. The molecule has 134 valence electrons. The van der Waals surface area contributed by atoms with Gasteiger partial charge in [-0.3, -0.25) is 4.79 Å². The number of carbonyl (C=O) groups excluding carboxylic acids is 1. The van der Waals surface area contributed by atoms with E-state index in [0.29, 0.717) is 23.5 Å². The Bertz CT molecular complexity index is 582. The second-order valence-electron chi connectivity index (χ2n) is 9.45. The van der Waals surface area contributed by atoms with Crippen LogP contribution in [0.1, 0.15) is 65.7 Å². The summed E-state index contributed by atoms with van der Waals surface area (Å²) in [7, 11) is 0. The fourth-order valence-electron chi connectivity index (χ4n) is 7.46. The monoisotopic (exact) mass is 332 g/mol. The molecule has 0 aromatic rings. The third-order valence-corrected chi connectivity index (χ3v) is 8.73. The molecule has 0 bridgehead atoms. The zero-order valence-electron chi connectivity index (χ0n) is 15.3. The Hall–Kier alpha value is -0.670. The van der Waals surface area contributed by atoms with Crippen LogP contribution < -0.4 is 0 Å². The Kier molecular flexibility index (Phi) is 3.78. The van der Waals surface area contributed by atoms with Crippen LogP contribution in [0.15, 0.2) is 11.6 Å². The van der Waals surface area contributed by atoms with Crippen molar-refractivity contribution in [3.8, 4) is 0 Å². The molecule has 0 heterocycles. The summed E-state index contributed by atoms with van der Waals surface area (Å²) < 4.78 is 0. The van der Waals surface area contributed by atoms with E-state index in [4.69, 9.17) is 0 Å². The van der Waals surface area contributed by atoms with Crippen molar-refractivity contribution in [2.24, 2.45) is 34.5 Å². The third kappa shape index (κ3) is 2.00. The molecule has 0 aromatic carbocycles. The predicted molar refractivity (Wildman–Crippen MR) is 93.3 cm³/mol. The van der Waals surface area contributed by atoms with Crippen molar-refractivity contribution in [2.75, 3.05) is 0 Å². The summed E-state index contributed by atoms with van der Waals surface area (Å²) in [5.74, 6) is 2.29. The maximum absolute atomic E-state index is 12.6. The van der Waals surface area contributed by atoms with Crippen LogP contribution in [0.5, 0.6) is 0 Å². The van der Waals surface area contributed by atoms with Gasteiger partial charge in [0.2, 0.25) is 0 Å². The number of ketones is 1. The summed E-state index contributed by atoms with van der Waals surface area (Å²) in [5, 5.41) is 20.7. The third-order valence-electron chi connectivity index (χ3n) is 8.73. The van der Waals surface area contributed by atoms with Gasteiger partial charge in [0.15, 0.2) is 5.78 Å². The van der Waals surface area contributed by atoms with Gasteiger partial charge in [-0.25, -0.2) is 0 Å². The summed E-state index contributed by atoms with van der Waals surface area (Å²) in [6, 6.07) is 0. The molecule has 0 aromatic heterocycles. The topological polar surface area (TPSA) is 57.5 Å². The van der Waals surface area contributed by atoms with Crippen LogP contribution in [-0.2, 0) is 4.79 Å². The smallest absolute Gasteiger partial charge is 0.159 e. The Balaban J connectivity index is 1.67. The normalized spacial score (nSPS) is 55.9. The molecule has 4 rings (SSSR count). The molecular weight excluding hydrogens is 300 g/mol. The number of hydrogen-bond acceptors (Lipinski definition) is 3. The molecule has 4 aliphatic carbocycles. The molecule has 0 amide bonds. The summed E-state index contributed by atoms with van der Waals surface area (Å²) >= 11 is 0. The number of carbonyl (C=O) groups is 1. The van der Waals surface area contributed by atoms with Crippen LogP contribution >= 0.6 is 0 Å². The molecule has 3 nitrogen and oxygen atoms in total. The molecule has 0 saturated heterocycles. The fourth-order valence-corrected chi connectivity index (χ4v) is 7.46. The molecule has 0 unspecified atom stereocenters. The second-order valence-corrected chi connectivity index (χ2v) is 9.45. The lowest BCUT2D eigenvalue weighted by atomic mass is 9.44. The molecule has 3 heteroatoms. The van der Waals surface area contributed by atoms with Crippen LogP contribution in [0, 0.1) is 34.5 Å². The van der Waals surface area contributed by atoms with E-state index < -0.39 is 12.2 Å². The number of allylic oxidation sites excluding steroid dienone is 2. The molecule has 0 radical (unpaired) electrons. The van der Waals surface area contributed by atoms with Crippen LogP contribution in [-0.4, -0.2) is 28.2 Å². The molecular formula is C21H32O3. The lowest BCUT2D eigenvalue weighted by Gasteiger charge is -2.61. The van der Waals surface area contributed by atoms with Gasteiger partial charge in [-0.05, 0) is 85.5 Å². The van der Waals surface area contributed by atoms with Gasteiger partial charge < -0.3 is 10.2 Å². The minimum Gasteiger partial charge on any atom is -0.390 e. The average molecular weight is 332 g/mol. The first-order chi connectivity index (χ1) is 11.3. The van der Waals surface area contributed by atoms with E-state index in [9.17, 15) is 15.0 Å². The number of hydrogen-bond donors (Lipinski definition) is 2. The van der Waals surface area contributed by atoms with Gasteiger partial charge in [0.25, 0.3) is 0 Å². The van der Waals surface area contributed by atoms with Crippen molar-refractivity contribution >= 4 is 5.78 Å². The highest BCUT2D eigenvalue weighted by Crippen LogP contribution is 2.66. The molecule has 0 spiro atoms. The van der Waals surface area contributed by atoms with Crippen LogP contribution in [0.25, 0.3) is 0 Å². The molecule has 4 fully saturated rings. The Labute approximate surface area is 145 Å². The van der Waals surface area contributed by atoms with Gasteiger partial charge in [0, 0.05) is 6.42 Å². The van der Waals surface area contributed by atoms with Crippen molar-refractivity contribution in [1.82, 2.24) is 0 Å². The maximum atomic E-state index is 12.6. The van der Waals surface area contributed by atoms with Gasteiger partial charge in [-0.2, -0.15) is 0 Å². The summed E-state index contributed by atoms with van der Waals surface area (Å²) in [5.41, 5.74) is 1.28. The minimum absolute atomic E-state index is 0.0724. The number of fused-ring (bicyclic) bond motifs is 5. The van der Waals surface area contributed by atoms with Crippen molar-refractivity contribution in [2.45, 2.75) is 77.9 Å². The van der Waals surface area contributed by atoms with Crippen LogP contribution in [0.2, 0.25) is 0 Å². The van der Waals surface area contributed by atoms with Gasteiger partial charge in [0.1, 0.15) is 0 Å². The van der Waals surface area contributed by atoms with E-state index in [1.54, 1.807) is 0 Å². The molecule has 8 atom stereocenters. The zero-order valence-corrected chi connectivity index (χ0v) is 15.3. The van der Waals surface area contributed by atoms with Crippen molar-refractivity contribution in [3.63, 3.8) is 0 Å². The van der Waals surface area contributed by atoms with Gasteiger partial charge in [-0.15, -0.1) is 0 Å². The Morgan fingerprint density at radius 2 is 1.75 bits per heavy atom. The molecule has 2 N–H and O–H groups in total. The van der Waals surface area contributed by atoms with Crippen molar-refractivity contribution in [1.29, 1.82) is 0 Å². The number of aliphatic hydroxyl groups is 2. The Morgan fingerprint density at radius 3 is 2.46 bits per heavy atom. The first kappa shape index (κ1) is 16.8. The minimum atomic E-state index is -0.561. The van der Waals surface area contributed by atoms with E-state index in [1.165, 1.54) is 0 Å². The average Bonchev–Trinajstić information content (AvgIpc) is 2.81. The highest BCUT2D eigenvalue weighted by atomic mass is 16.3. The highest BCUT2D eigenvalue weighted by molar-refractivity contribution is 5.99. The quantitative estimate of drug-likeness (QED) is 0.668. The van der Waals surface area contributed by atoms with E-state index in [1.807, 2.05) is 6.92 Å².